The molecule has 0 aromatic carbocycles. The van der Waals surface area contributed by atoms with Gasteiger partial charge in [-0.1, -0.05) is 0 Å². The molecule has 20 heavy (non-hydrogen) atoms. The van der Waals surface area contributed by atoms with Crippen molar-refractivity contribution in [3.8, 4) is 0 Å². The van der Waals surface area contributed by atoms with E-state index in [0.717, 1.165) is 32.7 Å². The number of carbonyl (C=O) groups is 1. The monoisotopic (exact) mass is 285 g/mol. The molecule has 1 aliphatic heterocycles. The Balaban J connectivity index is 2.48. The molecule has 0 bridgehead atoms. The molecule has 0 spiro atoms. The van der Waals surface area contributed by atoms with Crippen LogP contribution in [0, 0.1) is 5.92 Å². The van der Waals surface area contributed by atoms with Gasteiger partial charge < -0.3 is 20.7 Å². The zero-order valence-corrected chi connectivity index (χ0v) is 13.4. The number of hydrogen-bond acceptors (Lipinski definition) is 4. The van der Waals surface area contributed by atoms with Gasteiger partial charge in [0.05, 0.1) is 12.1 Å². The fourth-order valence-electron chi connectivity index (χ4n) is 3.01. The van der Waals surface area contributed by atoms with Crippen molar-refractivity contribution in [2.45, 2.75) is 51.6 Å². The van der Waals surface area contributed by atoms with Crippen molar-refractivity contribution in [3.63, 3.8) is 0 Å². The summed E-state index contributed by atoms with van der Waals surface area (Å²) in [6.07, 6.45) is 3.20. The molecule has 118 valence electrons. The van der Waals surface area contributed by atoms with Crippen LogP contribution in [0.25, 0.3) is 0 Å². The number of nitrogens with two attached hydrogens (primary N) is 1. The van der Waals surface area contributed by atoms with Crippen LogP contribution in [0.5, 0.6) is 0 Å². The van der Waals surface area contributed by atoms with Gasteiger partial charge in [-0.3, -0.25) is 4.79 Å². The first kappa shape index (κ1) is 17.4. The van der Waals surface area contributed by atoms with Crippen molar-refractivity contribution in [3.05, 3.63) is 0 Å². The second-order valence-electron chi connectivity index (χ2n) is 6.51. The van der Waals surface area contributed by atoms with E-state index in [9.17, 15) is 4.79 Å². The zero-order chi connectivity index (χ0) is 15.2. The van der Waals surface area contributed by atoms with Crippen LogP contribution in [0.4, 0.5) is 0 Å². The Morgan fingerprint density at radius 3 is 2.80 bits per heavy atom. The SMILES string of the molecule is COCC1CCCN(CCC(C)(NC(C)C)C(N)=O)C1. The van der Waals surface area contributed by atoms with E-state index in [1.807, 2.05) is 20.8 Å². The number of hydrogen-bond donors (Lipinski definition) is 2. The van der Waals surface area contributed by atoms with Gasteiger partial charge in [0.25, 0.3) is 0 Å². The summed E-state index contributed by atoms with van der Waals surface area (Å²) < 4.78 is 5.25. The van der Waals surface area contributed by atoms with E-state index >= 15 is 0 Å². The van der Waals surface area contributed by atoms with Crippen LogP contribution < -0.4 is 11.1 Å². The van der Waals surface area contributed by atoms with Gasteiger partial charge in [0, 0.05) is 26.2 Å². The number of rotatable bonds is 8. The Labute approximate surface area is 123 Å². The molecule has 1 fully saturated rings. The summed E-state index contributed by atoms with van der Waals surface area (Å²) in [4.78, 5) is 14.1. The quantitative estimate of drug-likeness (QED) is 0.697. The van der Waals surface area contributed by atoms with Crippen LogP contribution in [0.15, 0.2) is 0 Å². The van der Waals surface area contributed by atoms with Gasteiger partial charge in [-0.2, -0.15) is 0 Å². The molecular formula is C15H31N3O2. The smallest absolute Gasteiger partial charge is 0.237 e. The Bertz CT molecular complexity index is 307. The van der Waals surface area contributed by atoms with Gasteiger partial charge in [-0.05, 0) is 52.5 Å². The molecule has 0 saturated carbocycles. The average molecular weight is 285 g/mol. The van der Waals surface area contributed by atoms with Crippen LogP contribution in [-0.2, 0) is 9.53 Å². The lowest BCUT2D eigenvalue weighted by Gasteiger charge is -2.36. The molecule has 5 heteroatoms. The third-order valence-electron chi connectivity index (χ3n) is 4.08. The molecule has 1 aliphatic rings. The lowest BCUT2D eigenvalue weighted by Crippen LogP contribution is -2.57. The van der Waals surface area contributed by atoms with Gasteiger partial charge in [-0.25, -0.2) is 0 Å². The van der Waals surface area contributed by atoms with Gasteiger partial charge >= 0.3 is 0 Å². The number of piperidine rings is 1. The first-order chi connectivity index (χ1) is 9.37. The minimum atomic E-state index is -0.623. The highest BCUT2D eigenvalue weighted by molar-refractivity contribution is 5.84. The molecule has 1 heterocycles. The minimum absolute atomic E-state index is 0.245. The lowest BCUT2D eigenvalue weighted by molar-refractivity contribution is -0.124. The number of methoxy groups -OCH3 is 1. The Morgan fingerprint density at radius 1 is 1.55 bits per heavy atom. The predicted molar refractivity (Wildman–Crippen MR) is 81.5 cm³/mol. The van der Waals surface area contributed by atoms with Gasteiger partial charge in [0.15, 0.2) is 0 Å². The first-order valence-electron chi connectivity index (χ1n) is 7.66. The van der Waals surface area contributed by atoms with E-state index in [-0.39, 0.29) is 11.9 Å². The topological polar surface area (TPSA) is 67.6 Å². The van der Waals surface area contributed by atoms with Crippen LogP contribution >= 0.6 is 0 Å². The molecule has 5 nitrogen and oxygen atoms in total. The summed E-state index contributed by atoms with van der Waals surface area (Å²) in [5.74, 6) is 0.350. The van der Waals surface area contributed by atoms with Crippen LogP contribution in [0.2, 0.25) is 0 Å². The third-order valence-corrected chi connectivity index (χ3v) is 4.08. The van der Waals surface area contributed by atoms with Crippen molar-refractivity contribution in [2.75, 3.05) is 33.4 Å². The van der Waals surface area contributed by atoms with Crippen molar-refractivity contribution in [1.29, 1.82) is 0 Å². The molecule has 1 rings (SSSR count). The van der Waals surface area contributed by atoms with Gasteiger partial charge in [0.2, 0.25) is 5.91 Å². The molecule has 0 radical (unpaired) electrons. The van der Waals surface area contributed by atoms with Crippen molar-refractivity contribution in [1.82, 2.24) is 10.2 Å². The summed E-state index contributed by atoms with van der Waals surface area (Å²) in [5, 5.41) is 3.31. The standard InChI is InChI=1S/C15H31N3O2/c1-12(2)17-15(3,14(16)19)7-9-18-8-5-6-13(10-18)11-20-4/h12-13,17H,5-11H2,1-4H3,(H2,16,19). The highest BCUT2D eigenvalue weighted by atomic mass is 16.5. The van der Waals surface area contributed by atoms with Crippen LogP contribution in [-0.4, -0.2) is 55.7 Å². The number of nitrogens with one attached hydrogen (secondary N) is 1. The van der Waals surface area contributed by atoms with E-state index in [4.69, 9.17) is 10.5 Å². The zero-order valence-electron chi connectivity index (χ0n) is 13.4. The first-order valence-corrected chi connectivity index (χ1v) is 7.66. The van der Waals surface area contributed by atoms with Crippen molar-refractivity contribution >= 4 is 5.91 Å². The summed E-state index contributed by atoms with van der Waals surface area (Å²) in [7, 11) is 1.76. The molecule has 2 atom stereocenters. The van der Waals surface area contributed by atoms with E-state index in [0.29, 0.717) is 5.92 Å². The van der Waals surface area contributed by atoms with Gasteiger partial charge in [0.1, 0.15) is 0 Å². The number of nitrogens with zero attached hydrogens (tertiary/aromatic N) is 1. The molecular weight excluding hydrogens is 254 g/mol. The fraction of sp³-hybridized carbons (Fsp3) is 0.933. The number of primary amides is 1. The maximum Gasteiger partial charge on any atom is 0.237 e. The summed E-state index contributed by atoms with van der Waals surface area (Å²) in [6, 6.07) is 0.245. The maximum absolute atomic E-state index is 11.7. The molecule has 0 aromatic rings. The highest BCUT2D eigenvalue weighted by Crippen LogP contribution is 2.19. The molecule has 0 aliphatic carbocycles. The number of carbonyl (C=O) groups excluding carboxylic acids is 1. The maximum atomic E-state index is 11.7. The van der Waals surface area contributed by atoms with E-state index in [1.54, 1.807) is 7.11 Å². The van der Waals surface area contributed by atoms with E-state index < -0.39 is 5.54 Å². The summed E-state index contributed by atoms with van der Waals surface area (Å²) in [6.45, 7) is 9.88. The van der Waals surface area contributed by atoms with Gasteiger partial charge in [-0.15, -0.1) is 0 Å². The molecule has 3 N–H and O–H groups in total. The van der Waals surface area contributed by atoms with E-state index in [1.165, 1.54) is 12.8 Å². The largest absolute Gasteiger partial charge is 0.384 e. The normalized spacial score (nSPS) is 23.8. The Morgan fingerprint density at radius 2 is 2.25 bits per heavy atom. The Hall–Kier alpha value is -0.650. The molecule has 1 saturated heterocycles. The fourth-order valence-corrected chi connectivity index (χ4v) is 3.01. The highest BCUT2D eigenvalue weighted by Gasteiger charge is 2.32. The van der Waals surface area contributed by atoms with Crippen molar-refractivity contribution in [2.24, 2.45) is 11.7 Å². The number of amides is 1. The predicted octanol–water partition coefficient (Wildman–Crippen LogP) is 0.977. The molecule has 1 amide bonds. The molecule has 0 aromatic heterocycles. The third kappa shape index (κ3) is 5.38. The summed E-state index contributed by atoms with van der Waals surface area (Å²) in [5.41, 5.74) is 4.95. The van der Waals surface area contributed by atoms with E-state index in [2.05, 4.69) is 10.2 Å². The lowest BCUT2D eigenvalue weighted by atomic mass is 9.93. The number of likely N-dealkylation sites (tertiary alicyclic amines) is 1. The minimum Gasteiger partial charge on any atom is -0.384 e. The molecule has 2 unspecified atom stereocenters. The van der Waals surface area contributed by atoms with Crippen LogP contribution in [0.3, 0.4) is 0 Å². The summed E-state index contributed by atoms with van der Waals surface area (Å²) >= 11 is 0. The Kier molecular flexibility index (Phi) is 6.92. The van der Waals surface area contributed by atoms with Crippen LogP contribution in [0.1, 0.15) is 40.0 Å². The average Bonchev–Trinajstić information content (AvgIpc) is 2.36. The number of ether oxygens (including phenoxy) is 1. The second-order valence-corrected chi connectivity index (χ2v) is 6.51. The second kappa shape index (κ2) is 7.96. The van der Waals surface area contributed by atoms with Crippen molar-refractivity contribution < 1.29 is 9.53 Å².